The third kappa shape index (κ3) is 4.37. The zero-order chi connectivity index (χ0) is 26.4. The Balaban J connectivity index is 1.67. The Morgan fingerprint density at radius 1 is 1.25 bits per heavy atom. The second-order valence-corrected chi connectivity index (χ2v) is 9.47. The molecule has 2 heterocycles. The molecule has 1 saturated heterocycles. The molecule has 11 heteroatoms. The smallest absolute Gasteiger partial charge is 0.417 e. The first-order valence-corrected chi connectivity index (χ1v) is 11.6. The predicted molar refractivity (Wildman–Crippen MR) is 131 cm³/mol. The van der Waals surface area contributed by atoms with Crippen molar-refractivity contribution in [3.05, 3.63) is 53.1 Å². The highest BCUT2D eigenvalue weighted by Gasteiger charge is 2.51. The summed E-state index contributed by atoms with van der Waals surface area (Å²) >= 11 is 5.59. The van der Waals surface area contributed by atoms with Gasteiger partial charge in [-0.3, -0.25) is 14.5 Å². The van der Waals surface area contributed by atoms with Crippen LogP contribution in [0.4, 0.5) is 24.5 Å². The summed E-state index contributed by atoms with van der Waals surface area (Å²) in [5, 5.41) is 11.7. The summed E-state index contributed by atoms with van der Waals surface area (Å²) in [7, 11) is 1.57. The van der Waals surface area contributed by atoms with E-state index in [1.54, 1.807) is 37.9 Å². The number of fused-ring (bicyclic) bond motifs is 1. The van der Waals surface area contributed by atoms with Crippen molar-refractivity contribution in [2.75, 3.05) is 16.8 Å². The van der Waals surface area contributed by atoms with Crippen LogP contribution in [-0.2, 0) is 22.2 Å². The number of ether oxygens (including phenoxy) is 1. The van der Waals surface area contributed by atoms with E-state index in [0.29, 0.717) is 24.3 Å². The maximum atomic E-state index is 13.5. The van der Waals surface area contributed by atoms with Crippen molar-refractivity contribution < 1.29 is 27.5 Å². The third-order valence-corrected chi connectivity index (χ3v) is 6.74. The Kier molecular flexibility index (Phi) is 6.43. The Labute approximate surface area is 211 Å². The molecule has 0 spiro atoms. The van der Waals surface area contributed by atoms with Crippen LogP contribution < -0.4 is 19.9 Å². The molecule has 2 aliphatic heterocycles. The van der Waals surface area contributed by atoms with Crippen LogP contribution in [0.1, 0.15) is 43.4 Å². The molecule has 36 heavy (non-hydrogen) atoms. The maximum Gasteiger partial charge on any atom is 0.417 e. The largest absolute Gasteiger partial charge is 0.490 e. The number of halogens is 3. The van der Waals surface area contributed by atoms with E-state index in [9.17, 15) is 22.8 Å². The second kappa shape index (κ2) is 9.09. The van der Waals surface area contributed by atoms with Crippen molar-refractivity contribution in [1.82, 2.24) is 5.32 Å². The lowest BCUT2D eigenvalue weighted by atomic mass is 9.98. The Morgan fingerprint density at radius 3 is 2.58 bits per heavy atom. The fourth-order valence-corrected chi connectivity index (χ4v) is 5.00. The molecule has 0 bridgehead atoms. The molecule has 0 aromatic heterocycles. The molecular weight excluding hydrogens is 493 g/mol. The number of nitrogens with one attached hydrogen (secondary N) is 1. The van der Waals surface area contributed by atoms with Gasteiger partial charge in [-0.1, -0.05) is 0 Å². The van der Waals surface area contributed by atoms with Gasteiger partial charge in [0.05, 0.1) is 29.3 Å². The molecule has 0 saturated carbocycles. The van der Waals surface area contributed by atoms with Gasteiger partial charge in [-0.15, -0.1) is 0 Å². The summed E-state index contributed by atoms with van der Waals surface area (Å²) in [6.45, 7) is 3.29. The second-order valence-electron chi connectivity index (χ2n) is 9.10. The summed E-state index contributed by atoms with van der Waals surface area (Å²) in [6, 6.07) is 9.95. The van der Waals surface area contributed by atoms with Gasteiger partial charge in [0, 0.05) is 12.7 Å². The molecule has 188 valence electrons. The molecular formula is C25H23F3N4O3S. The first-order chi connectivity index (χ1) is 16.9. The molecule has 0 unspecified atom stereocenters. The summed E-state index contributed by atoms with van der Waals surface area (Å²) in [5.41, 5.74) is -1.45. The minimum atomic E-state index is -4.77. The van der Waals surface area contributed by atoms with Gasteiger partial charge in [0.25, 0.3) is 5.91 Å². The van der Waals surface area contributed by atoms with Crippen molar-refractivity contribution in [2.45, 2.75) is 50.9 Å². The molecule has 1 atom stereocenters. The monoisotopic (exact) mass is 516 g/mol. The number of alkyl halides is 3. The lowest BCUT2D eigenvalue weighted by Crippen LogP contribution is -2.44. The average Bonchev–Trinajstić information content (AvgIpc) is 3.01. The maximum absolute atomic E-state index is 13.5. The number of carbonyl (C=O) groups is 2. The molecule has 1 fully saturated rings. The predicted octanol–water partition coefficient (Wildman–Crippen LogP) is 4.32. The van der Waals surface area contributed by atoms with Crippen LogP contribution >= 0.6 is 12.2 Å². The van der Waals surface area contributed by atoms with Gasteiger partial charge in [-0.05, 0) is 80.9 Å². The van der Waals surface area contributed by atoms with Gasteiger partial charge in [-0.25, -0.2) is 0 Å². The van der Waals surface area contributed by atoms with Crippen LogP contribution in [0.3, 0.4) is 0 Å². The molecule has 1 N–H and O–H groups in total. The Bertz CT molecular complexity index is 1300. The number of aryl methyl sites for hydroxylation is 1. The Hall–Kier alpha value is -3.65. The van der Waals surface area contributed by atoms with Crippen molar-refractivity contribution in [2.24, 2.45) is 0 Å². The molecule has 2 amide bonds. The number of anilines is 2. The normalized spacial score (nSPS) is 19.0. The first kappa shape index (κ1) is 25.4. The van der Waals surface area contributed by atoms with E-state index < -0.39 is 28.7 Å². The number of thiocarbonyl (C=S) groups is 1. The van der Waals surface area contributed by atoms with Crippen molar-refractivity contribution in [1.29, 1.82) is 5.26 Å². The molecule has 2 aromatic carbocycles. The van der Waals surface area contributed by atoms with Crippen LogP contribution in [0.5, 0.6) is 5.75 Å². The lowest BCUT2D eigenvalue weighted by molar-refractivity contribution is -0.137. The van der Waals surface area contributed by atoms with E-state index >= 15 is 0 Å². The average molecular weight is 517 g/mol. The number of hydrogen-bond acceptors (Lipinski definition) is 5. The lowest BCUT2D eigenvalue weighted by Gasteiger charge is -2.31. The first-order valence-electron chi connectivity index (χ1n) is 11.2. The van der Waals surface area contributed by atoms with E-state index in [-0.39, 0.29) is 29.2 Å². The molecule has 2 aliphatic rings. The van der Waals surface area contributed by atoms with E-state index in [1.165, 1.54) is 12.1 Å². The van der Waals surface area contributed by atoms with Crippen LogP contribution in [-0.4, -0.2) is 35.6 Å². The number of carbonyl (C=O) groups excluding carboxylic acids is 2. The Morgan fingerprint density at radius 2 is 1.94 bits per heavy atom. The van der Waals surface area contributed by atoms with Gasteiger partial charge in [0.2, 0.25) is 5.91 Å². The fourth-order valence-electron chi connectivity index (χ4n) is 4.48. The van der Waals surface area contributed by atoms with Crippen LogP contribution in [0.2, 0.25) is 0 Å². The minimum absolute atomic E-state index is 0.0250. The summed E-state index contributed by atoms with van der Waals surface area (Å²) < 4.78 is 46.6. The number of rotatable bonds is 4. The third-order valence-electron chi connectivity index (χ3n) is 6.38. The highest BCUT2D eigenvalue weighted by molar-refractivity contribution is 7.81. The van der Waals surface area contributed by atoms with Crippen molar-refractivity contribution in [3.63, 3.8) is 0 Å². The number of benzene rings is 2. The SMILES string of the molecule is CNC(=O)C[C@H]1CCc2cc(N3C(=S)N(c4ccc(C#N)c(C(F)(F)F)c4)C(=O)C3(C)C)ccc2O1. The van der Waals surface area contributed by atoms with Gasteiger partial charge < -0.3 is 15.0 Å². The highest BCUT2D eigenvalue weighted by atomic mass is 32.1. The zero-order valence-corrected chi connectivity index (χ0v) is 20.6. The van der Waals surface area contributed by atoms with Crippen LogP contribution in [0.15, 0.2) is 36.4 Å². The van der Waals surface area contributed by atoms with E-state index in [1.807, 2.05) is 6.07 Å². The number of nitriles is 1. The molecule has 0 radical (unpaired) electrons. The van der Waals surface area contributed by atoms with Gasteiger partial charge >= 0.3 is 6.18 Å². The number of hydrogen-bond donors (Lipinski definition) is 1. The van der Waals surface area contributed by atoms with E-state index in [2.05, 4.69) is 5.32 Å². The molecule has 2 aromatic rings. The standard InChI is InChI=1S/C25H23F3N4O3S/c1-24(2)22(34)31(16-6-4-15(13-29)19(11-16)25(26,27)28)23(36)32(24)17-7-9-20-14(10-17)5-8-18(35-20)12-21(33)30-3/h4,6-7,9-11,18H,5,8,12H2,1-3H3,(H,30,33)/t18-/m1/s1. The highest BCUT2D eigenvalue weighted by Crippen LogP contribution is 2.41. The zero-order valence-electron chi connectivity index (χ0n) is 19.8. The summed E-state index contributed by atoms with van der Waals surface area (Å²) in [5.74, 6) is 0.0242. The van der Waals surface area contributed by atoms with Crippen molar-refractivity contribution in [3.8, 4) is 11.8 Å². The van der Waals surface area contributed by atoms with E-state index in [0.717, 1.165) is 22.6 Å². The van der Waals surface area contributed by atoms with Crippen molar-refractivity contribution >= 4 is 40.5 Å². The van der Waals surface area contributed by atoms with Crippen LogP contribution in [0, 0.1) is 11.3 Å². The van der Waals surface area contributed by atoms with Crippen LogP contribution in [0.25, 0.3) is 0 Å². The summed E-state index contributed by atoms with van der Waals surface area (Å²) in [6.07, 6.45) is -3.49. The minimum Gasteiger partial charge on any atom is -0.490 e. The fraction of sp³-hybridized carbons (Fsp3) is 0.360. The number of nitrogens with zero attached hydrogens (tertiary/aromatic N) is 3. The molecule has 0 aliphatic carbocycles. The van der Waals surface area contributed by atoms with E-state index in [4.69, 9.17) is 22.2 Å². The molecule has 7 nitrogen and oxygen atoms in total. The van der Waals surface area contributed by atoms with Gasteiger partial charge in [-0.2, -0.15) is 18.4 Å². The van der Waals surface area contributed by atoms with Gasteiger partial charge in [0.1, 0.15) is 17.4 Å². The quantitative estimate of drug-likeness (QED) is 0.610. The topological polar surface area (TPSA) is 85.7 Å². The summed E-state index contributed by atoms with van der Waals surface area (Å²) in [4.78, 5) is 27.8. The number of amides is 2. The van der Waals surface area contributed by atoms with Gasteiger partial charge in [0.15, 0.2) is 5.11 Å². The molecule has 4 rings (SSSR count).